The second kappa shape index (κ2) is 10.9. The van der Waals surface area contributed by atoms with Gasteiger partial charge in [-0.1, -0.05) is 18.2 Å². The van der Waals surface area contributed by atoms with Crippen molar-refractivity contribution in [1.29, 1.82) is 0 Å². The molecule has 0 spiro atoms. The summed E-state index contributed by atoms with van der Waals surface area (Å²) in [5.74, 6) is -0.667. The molecular formula is C21H24O7. The Balaban J connectivity index is 1.75. The lowest BCUT2D eigenvalue weighted by Gasteiger charge is -2.14. The van der Waals surface area contributed by atoms with Crippen molar-refractivity contribution in [3.8, 4) is 11.5 Å². The Labute approximate surface area is 163 Å². The van der Waals surface area contributed by atoms with Crippen LogP contribution in [0.25, 0.3) is 0 Å². The number of carboxylic acids is 2. The molecule has 0 fully saturated rings. The van der Waals surface area contributed by atoms with Crippen LogP contribution in [0.5, 0.6) is 11.5 Å². The summed E-state index contributed by atoms with van der Waals surface area (Å²) in [6.07, 6.45) is 1.03. The van der Waals surface area contributed by atoms with Crippen LogP contribution >= 0.6 is 0 Å². The van der Waals surface area contributed by atoms with Gasteiger partial charge < -0.3 is 24.4 Å². The molecule has 150 valence electrons. The zero-order valence-corrected chi connectivity index (χ0v) is 15.7. The average Bonchev–Trinajstić information content (AvgIpc) is 2.69. The van der Waals surface area contributed by atoms with E-state index in [1.165, 1.54) is 12.1 Å². The smallest absolute Gasteiger partial charge is 0.335 e. The molecule has 0 saturated carbocycles. The van der Waals surface area contributed by atoms with Gasteiger partial charge in [0.15, 0.2) is 0 Å². The maximum atomic E-state index is 10.9. The van der Waals surface area contributed by atoms with Gasteiger partial charge in [0, 0.05) is 13.5 Å². The van der Waals surface area contributed by atoms with Crippen molar-refractivity contribution in [1.82, 2.24) is 0 Å². The van der Waals surface area contributed by atoms with E-state index in [0.29, 0.717) is 30.9 Å². The fourth-order valence-electron chi connectivity index (χ4n) is 2.61. The first-order valence-electron chi connectivity index (χ1n) is 8.90. The molecule has 0 radical (unpaired) electrons. The number of hydrogen-bond donors (Lipinski definition) is 2. The van der Waals surface area contributed by atoms with E-state index < -0.39 is 11.9 Å². The Kier molecular flexibility index (Phi) is 8.30. The molecule has 0 amide bonds. The van der Waals surface area contributed by atoms with Crippen LogP contribution in [0.4, 0.5) is 0 Å². The average molecular weight is 388 g/mol. The van der Waals surface area contributed by atoms with Crippen molar-refractivity contribution in [2.45, 2.75) is 25.4 Å². The van der Waals surface area contributed by atoms with Crippen molar-refractivity contribution in [2.24, 2.45) is 0 Å². The van der Waals surface area contributed by atoms with Gasteiger partial charge in [0.1, 0.15) is 24.7 Å². The summed E-state index contributed by atoms with van der Waals surface area (Å²) >= 11 is 0. The molecule has 0 aliphatic rings. The monoisotopic (exact) mass is 388 g/mol. The molecule has 7 nitrogen and oxygen atoms in total. The van der Waals surface area contributed by atoms with Crippen LogP contribution in [-0.4, -0.2) is 48.6 Å². The van der Waals surface area contributed by atoms with Gasteiger partial charge in [-0.15, -0.1) is 0 Å². The molecule has 2 aromatic carbocycles. The number of aliphatic carboxylic acids is 1. The van der Waals surface area contributed by atoms with E-state index in [-0.39, 0.29) is 24.7 Å². The Morgan fingerprint density at radius 3 is 2.25 bits per heavy atom. The number of benzene rings is 2. The van der Waals surface area contributed by atoms with Crippen LogP contribution in [0.2, 0.25) is 0 Å². The number of aromatic carboxylic acids is 1. The molecule has 0 bridgehead atoms. The Morgan fingerprint density at radius 2 is 1.64 bits per heavy atom. The van der Waals surface area contributed by atoms with Crippen LogP contribution in [0.1, 0.15) is 28.8 Å². The minimum atomic E-state index is -1.000. The quantitative estimate of drug-likeness (QED) is 0.538. The summed E-state index contributed by atoms with van der Waals surface area (Å²) in [5.41, 5.74) is 1.21. The predicted octanol–water partition coefficient (Wildman–Crippen LogP) is 3.26. The maximum Gasteiger partial charge on any atom is 0.335 e. The highest BCUT2D eigenvalue weighted by atomic mass is 16.5. The van der Waals surface area contributed by atoms with Crippen LogP contribution in [0, 0.1) is 0 Å². The molecule has 0 aliphatic carbocycles. The normalized spacial score (nSPS) is 11.6. The molecule has 0 heterocycles. The molecule has 1 atom stereocenters. The Hall–Kier alpha value is -3.06. The molecule has 2 N–H and O–H groups in total. The summed E-state index contributed by atoms with van der Waals surface area (Å²) in [6.45, 7) is 0.599. The second-order valence-corrected chi connectivity index (χ2v) is 6.17. The lowest BCUT2D eigenvalue weighted by Crippen LogP contribution is -2.15. The number of carbonyl (C=O) groups is 2. The van der Waals surface area contributed by atoms with E-state index in [2.05, 4.69) is 0 Å². The number of methoxy groups -OCH3 is 1. The van der Waals surface area contributed by atoms with Crippen LogP contribution in [0.15, 0.2) is 48.5 Å². The fraction of sp³-hybridized carbons (Fsp3) is 0.333. The molecule has 0 aromatic heterocycles. The maximum absolute atomic E-state index is 10.9. The molecule has 2 aromatic rings. The van der Waals surface area contributed by atoms with Crippen molar-refractivity contribution in [3.05, 3.63) is 59.7 Å². The summed E-state index contributed by atoms with van der Waals surface area (Å²) in [7, 11) is 1.58. The van der Waals surface area contributed by atoms with Crippen molar-refractivity contribution in [2.75, 3.05) is 20.3 Å². The van der Waals surface area contributed by atoms with Gasteiger partial charge in [-0.05, 0) is 48.7 Å². The highest BCUT2D eigenvalue weighted by Gasteiger charge is 2.11. The van der Waals surface area contributed by atoms with E-state index in [1.807, 2.05) is 24.3 Å². The number of rotatable bonds is 12. The summed E-state index contributed by atoms with van der Waals surface area (Å²) in [5, 5.41) is 17.7. The topological polar surface area (TPSA) is 102 Å². The van der Waals surface area contributed by atoms with Gasteiger partial charge in [0.25, 0.3) is 0 Å². The lowest BCUT2D eigenvalue weighted by atomic mass is 10.0. The first kappa shape index (κ1) is 21.2. The van der Waals surface area contributed by atoms with Gasteiger partial charge in [0.05, 0.1) is 11.7 Å². The zero-order chi connectivity index (χ0) is 20.4. The summed E-state index contributed by atoms with van der Waals surface area (Å²) in [6, 6.07) is 13.8. The largest absolute Gasteiger partial charge is 0.490 e. The SMILES string of the molecule is CO[C@H](CCC(=O)O)Cc1ccc(OCCOc2cccc(C(=O)O)c2)cc1. The molecular weight excluding hydrogens is 364 g/mol. The molecule has 0 unspecified atom stereocenters. The third-order valence-corrected chi connectivity index (χ3v) is 4.10. The molecule has 0 saturated heterocycles. The van der Waals surface area contributed by atoms with Crippen molar-refractivity contribution >= 4 is 11.9 Å². The third-order valence-electron chi connectivity index (χ3n) is 4.10. The summed E-state index contributed by atoms with van der Waals surface area (Å²) in [4.78, 5) is 21.6. The molecule has 28 heavy (non-hydrogen) atoms. The van der Waals surface area contributed by atoms with E-state index >= 15 is 0 Å². The van der Waals surface area contributed by atoms with Crippen molar-refractivity contribution < 1.29 is 34.0 Å². The molecule has 0 aliphatic heterocycles. The van der Waals surface area contributed by atoms with Crippen molar-refractivity contribution in [3.63, 3.8) is 0 Å². The van der Waals surface area contributed by atoms with Crippen LogP contribution in [0.3, 0.4) is 0 Å². The minimum Gasteiger partial charge on any atom is -0.490 e. The van der Waals surface area contributed by atoms with Gasteiger partial charge in [-0.3, -0.25) is 4.79 Å². The molecule has 2 rings (SSSR count). The van der Waals surface area contributed by atoms with E-state index in [0.717, 1.165) is 5.56 Å². The number of hydrogen-bond acceptors (Lipinski definition) is 5. The summed E-state index contributed by atoms with van der Waals surface area (Å²) < 4.78 is 16.5. The van der Waals surface area contributed by atoms with E-state index in [4.69, 9.17) is 24.4 Å². The van der Waals surface area contributed by atoms with E-state index in [9.17, 15) is 9.59 Å². The second-order valence-electron chi connectivity index (χ2n) is 6.17. The third kappa shape index (κ3) is 7.28. The Bertz CT molecular complexity index is 771. The first-order valence-corrected chi connectivity index (χ1v) is 8.90. The van der Waals surface area contributed by atoms with Crippen LogP contribution in [-0.2, 0) is 16.0 Å². The van der Waals surface area contributed by atoms with E-state index in [1.54, 1.807) is 19.2 Å². The van der Waals surface area contributed by atoms with Crippen LogP contribution < -0.4 is 9.47 Å². The van der Waals surface area contributed by atoms with Gasteiger partial charge in [0.2, 0.25) is 0 Å². The van der Waals surface area contributed by atoms with Gasteiger partial charge in [-0.25, -0.2) is 4.79 Å². The predicted molar refractivity (Wildman–Crippen MR) is 102 cm³/mol. The number of carboxylic acid groups (broad SMARTS) is 2. The first-order chi connectivity index (χ1) is 13.5. The minimum absolute atomic E-state index is 0.0784. The fourth-order valence-corrected chi connectivity index (χ4v) is 2.61. The molecule has 7 heteroatoms. The highest BCUT2D eigenvalue weighted by Crippen LogP contribution is 2.17. The standard InChI is InChI=1S/C21H24O7/c1-26-18(9-10-20(22)23)13-15-5-7-17(8-6-15)27-11-12-28-19-4-2-3-16(14-19)21(24)25/h2-8,14,18H,9-13H2,1H3,(H,22,23)(H,24,25)/t18-/m1/s1. The Morgan fingerprint density at radius 1 is 0.964 bits per heavy atom. The lowest BCUT2D eigenvalue weighted by molar-refractivity contribution is -0.137. The number of ether oxygens (including phenoxy) is 3. The zero-order valence-electron chi connectivity index (χ0n) is 15.7. The van der Waals surface area contributed by atoms with Gasteiger partial charge >= 0.3 is 11.9 Å². The van der Waals surface area contributed by atoms with Gasteiger partial charge in [-0.2, -0.15) is 0 Å². The highest BCUT2D eigenvalue weighted by molar-refractivity contribution is 5.88.